The van der Waals surface area contributed by atoms with Gasteiger partial charge in [0.1, 0.15) is 11.5 Å². The summed E-state index contributed by atoms with van der Waals surface area (Å²) in [7, 11) is 1.55. The number of anilines is 1. The first-order valence-electron chi connectivity index (χ1n) is 10.2. The molecule has 7 heteroatoms. The van der Waals surface area contributed by atoms with E-state index in [1.807, 2.05) is 24.0 Å². The molecule has 0 aliphatic carbocycles. The van der Waals surface area contributed by atoms with Crippen LogP contribution in [0.1, 0.15) is 24.5 Å². The van der Waals surface area contributed by atoms with Gasteiger partial charge in [-0.15, -0.1) is 0 Å². The van der Waals surface area contributed by atoms with E-state index in [9.17, 15) is 9.59 Å². The number of carbonyl (C=O) groups is 2. The maximum atomic E-state index is 13.2. The monoisotopic (exact) mass is 428 g/mol. The molecule has 6 nitrogen and oxygen atoms in total. The molecule has 2 aromatic carbocycles. The molecular formula is C23H25ClN2O4. The Hall–Kier alpha value is -2.73. The molecule has 2 aliphatic rings. The van der Waals surface area contributed by atoms with E-state index < -0.39 is 0 Å². The number of nitrogens with zero attached hydrogens (tertiary/aromatic N) is 2. The van der Waals surface area contributed by atoms with Crippen LogP contribution in [0.4, 0.5) is 5.69 Å². The van der Waals surface area contributed by atoms with Crippen molar-refractivity contribution in [2.24, 2.45) is 5.92 Å². The lowest BCUT2D eigenvalue weighted by molar-refractivity contribution is -0.136. The second-order valence-electron chi connectivity index (χ2n) is 7.59. The zero-order valence-electron chi connectivity index (χ0n) is 17.2. The minimum absolute atomic E-state index is 0.0132. The number of benzene rings is 2. The van der Waals surface area contributed by atoms with Crippen LogP contribution in [0.2, 0.25) is 5.02 Å². The molecule has 2 heterocycles. The first-order chi connectivity index (χ1) is 14.5. The third kappa shape index (κ3) is 3.97. The average Bonchev–Trinajstić information content (AvgIpc) is 3.14. The summed E-state index contributed by atoms with van der Waals surface area (Å²) in [6.07, 6.45) is 0.997. The highest BCUT2D eigenvalue weighted by atomic mass is 35.5. The number of hydrogen-bond acceptors (Lipinski definition) is 4. The molecule has 1 fully saturated rings. The minimum atomic E-state index is -0.377. The number of methoxy groups -OCH3 is 1. The van der Waals surface area contributed by atoms with Crippen LogP contribution in [0.3, 0.4) is 0 Å². The molecule has 1 saturated heterocycles. The van der Waals surface area contributed by atoms with Gasteiger partial charge in [-0.2, -0.15) is 0 Å². The van der Waals surface area contributed by atoms with Gasteiger partial charge in [-0.1, -0.05) is 17.7 Å². The summed E-state index contributed by atoms with van der Waals surface area (Å²) in [5.41, 5.74) is 2.96. The second kappa shape index (κ2) is 8.56. The zero-order valence-corrected chi connectivity index (χ0v) is 17.9. The fourth-order valence-corrected chi connectivity index (χ4v) is 4.38. The third-order valence-electron chi connectivity index (χ3n) is 5.72. The van der Waals surface area contributed by atoms with Gasteiger partial charge in [0.15, 0.2) is 0 Å². The van der Waals surface area contributed by atoms with Crippen molar-refractivity contribution in [3.63, 3.8) is 0 Å². The van der Waals surface area contributed by atoms with Crippen LogP contribution in [0.15, 0.2) is 36.4 Å². The number of amides is 2. The van der Waals surface area contributed by atoms with Crippen LogP contribution in [-0.2, 0) is 22.6 Å². The molecule has 158 valence electrons. The van der Waals surface area contributed by atoms with E-state index in [0.29, 0.717) is 42.7 Å². The molecule has 0 radical (unpaired) electrons. The minimum Gasteiger partial charge on any atom is -0.495 e. The summed E-state index contributed by atoms with van der Waals surface area (Å²) < 4.78 is 11.0. The molecular weight excluding hydrogens is 404 g/mol. The Morgan fingerprint density at radius 1 is 1.20 bits per heavy atom. The van der Waals surface area contributed by atoms with Gasteiger partial charge >= 0.3 is 0 Å². The average molecular weight is 429 g/mol. The first-order valence-corrected chi connectivity index (χ1v) is 10.5. The van der Waals surface area contributed by atoms with Crippen molar-refractivity contribution < 1.29 is 19.1 Å². The highest BCUT2D eigenvalue weighted by Gasteiger charge is 2.39. The predicted octanol–water partition coefficient (Wildman–Crippen LogP) is 3.69. The van der Waals surface area contributed by atoms with Gasteiger partial charge in [-0.25, -0.2) is 0 Å². The van der Waals surface area contributed by atoms with Gasteiger partial charge in [-0.05, 0) is 54.8 Å². The Balaban J connectivity index is 1.49. The molecule has 4 rings (SSSR count). The van der Waals surface area contributed by atoms with Gasteiger partial charge in [0.25, 0.3) is 0 Å². The van der Waals surface area contributed by atoms with Crippen molar-refractivity contribution in [3.05, 3.63) is 52.5 Å². The predicted molar refractivity (Wildman–Crippen MR) is 115 cm³/mol. The lowest BCUT2D eigenvalue weighted by atomic mass is 9.97. The summed E-state index contributed by atoms with van der Waals surface area (Å²) in [5.74, 6) is 0.930. The van der Waals surface area contributed by atoms with Crippen LogP contribution >= 0.6 is 11.6 Å². The smallest absolute Gasteiger partial charge is 0.228 e. The Labute approximate surface area is 181 Å². The maximum Gasteiger partial charge on any atom is 0.228 e. The molecule has 0 N–H and O–H groups in total. The maximum absolute atomic E-state index is 13.2. The Morgan fingerprint density at radius 3 is 2.80 bits per heavy atom. The number of ether oxygens (including phenoxy) is 2. The molecule has 2 aliphatic heterocycles. The van der Waals surface area contributed by atoms with Crippen molar-refractivity contribution in [2.45, 2.75) is 26.3 Å². The standard InChI is InChI=1S/C23H25ClN2O4/c1-3-30-19-6-4-15-8-9-25(13-16(15)10-19)23(28)17-11-22(27)26(14-17)20-12-18(24)5-7-21(20)29-2/h4-7,10,12,17H,3,8-9,11,13-14H2,1-2H3. The first kappa shape index (κ1) is 20.5. The fourth-order valence-electron chi connectivity index (χ4n) is 4.22. The van der Waals surface area contributed by atoms with E-state index in [2.05, 4.69) is 6.07 Å². The number of rotatable bonds is 5. The van der Waals surface area contributed by atoms with Crippen LogP contribution in [0.25, 0.3) is 0 Å². The summed E-state index contributed by atoms with van der Waals surface area (Å²) in [6.45, 7) is 4.09. The van der Waals surface area contributed by atoms with Crippen molar-refractivity contribution in [1.29, 1.82) is 0 Å². The Bertz CT molecular complexity index is 978. The van der Waals surface area contributed by atoms with Crippen molar-refractivity contribution in [2.75, 3.05) is 31.7 Å². The third-order valence-corrected chi connectivity index (χ3v) is 5.95. The van der Waals surface area contributed by atoms with Crippen LogP contribution in [0, 0.1) is 5.92 Å². The van der Waals surface area contributed by atoms with Gasteiger partial charge in [0, 0.05) is 31.1 Å². The summed E-state index contributed by atoms with van der Waals surface area (Å²) in [4.78, 5) is 29.4. The van der Waals surface area contributed by atoms with E-state index in [0.717, 1.165) is 17.7 Å². The molecule has 1 atom stereocenters. The normalized spacial score (nSPS) is 18.4. The molecule has 0 saturated carbocycles. The molecule has 0 spiro atoms. The molecule has 2 amide bonds. The van der Waals surface area contributed by atoms with Gasteiger partial charge in [0.2, 0.25) is 11.8 Å². The van der Waals surface area contributed by atoms with Crippen LogP contribution in [0.5, 0.6) is 11.5 Å². The van der Waals surface area contributed by atoms with E-state index in [1.54, 1.807) is 30.2 Å². The molecule has 2 aromatic rings. The van der Waals surface area contributed by atoms with Crippen molar-refractivity contribution >= 4 is 29.1 Å². The highest BCUT2D eigenvalue weighted by molar-refractivity contribution is 6.31. The lowest BCUT2D eigenvalue weighted by Gasteiger charge is -2.31. The van der Waals surface area contributed by atoms with Crippen LogP contribution < -0.4 is 14.4 Å². The molecule has 30 heavy (non-hydrogen) atoms. The van der Waals surface area contributed by atoms with Crippen LogP contribution in [-0.4, -0.2) is 43.5 Å². The highest BCUT2D eigenvalue weighted by Crippen LogP contribution is 2.36. The van der Waals surface area contributed by atoms with E-state index in [-0.39, 0.29) is 24.2 Å². The fraction of sp³-hybridized carbons (Fsp3) is 0.391. The molecule has 0 aromatic heterocycles. The molecule has 0 bridgehead atoms. The Morgan fingerprint density at radius 2 is 2.03 bits per heavy atom. The summed E-state index contributed by atoms with van der Waals surface area (Å²) >= 11 is 6.12. The van der Waals surface area contributed by atoms with Gasteiger partial charge in [0.05, 0.1) is 25.3 Å². The van der Waals surface area contributed by atoms with Gasteiger partial charge in [-0.3, -0.25) is 9.59 Å². The van der Waals surface area contributed by atoms with Crippen molar-refractivity contribution in [1.82, 2.24) is 4.90 Å². The van der Waals surface area contributed by atoms with Crippen molar-refractivity contribution in [3.8, 4) is 11.5 Å². The number of fused-ring (bicyclic) bond motifs is 1. The second-order valence-corrected chi connectivity index (χ2v) is 8.03. The largest absolute Gasteiger partial charge is 0.495 e. The van der Waals surface area contributed by atoms with E-state index in [1.165, 1.54) is 5.56 Å². The number of halogens is 1. The molecule has 1 unspecified atom stereocenters. The quantitative estimate of drug-likeness (QED) is 0.728. The topological polar surface area (TPSA) is 59.1 Å². The summed E-state index contributed by atoms with van der Waals surface area (Å²) in [6, 6.07) is 11.2. The Kier molecular flexibility index (Phi) is 5.86. The number of carbonyl (C=O) groups excluding carboxylic acids is 2. The van der Waals surface area contributed by atoms with Gasteiger partial charge < -0.3 is 19.3 Å². The zero-order chi connectivity index (χ0) is 21.3. The lowest BCUT2D eigenvalue weighted by Crippen LogP contribution is -2.40. The number of hydrogen-bond donors (Lipinski definition) is 0. The SMILES string of the molecule is CCOc1ccc2c(c1)CN(C(=O)C1CC(=O)N(c3cc(Cl)ccc3OC)C1)CC2. The van der Waals surface area contributed by atoms with E-state index >= 15 is 0 Å². The van der Waals surface area contributed by atoms with E-state index in [4.69, 9.17) is 21.1 Å². The summed E-state index contributed by atoms with van der Waals surface area (Å²) in [5, 5.41) is 0.520.